The molecule has 1 aromatic carbocycles. The summed E-state index contributed by atoms with van der Waals surface area (Å²) in [5.74, 6) is 1.25. The van der Waals surface area contributed by atoms with E-state index in [4.69, 9.17) is 9.72 Å². The zero-order valence-corrected chi connectivity index (χ0v) is 23.8. The summed E-state index contributed by atoms with van der Waals surface area (Å²) >= 11 is 0. The predicted octanol–water partition coefficient (Wildman–Crippen LogP) is 4.53. The van der Waals surface area contributed by atoms with Crippen molar-refractivity contribution in [2.45, 2.75) is 31.5 Å². The van der Waals surface area contributed by atoms with Crippen LogP contribution < -0.4 is 10.3 Å². The Kier molecular flexibility index (Phi) is 7.42. The average Bonchev–Trinajstić information content (AvgIpc) is 3.74. The lowest BCUT2D eigenvalue weighted by atomic mass is 10.1. The third-order valence-electron chi connectivity index (χ3n) is 7.25. The Morgan fingerprint density at radius 1 is 1.02 bits per heavy atom. The topological polar surface area (TPSA) is 104 Å². The predicted molar refractivity (Wildman–Crippen MR) is 154 cm³/mol. The number of aromatic nitrogens is 7. The molecule has 0 atom stereocenters. The first-order valence-electron chi connectivity index (χ1n) is 13.8. The van der Waals surface area contributed by atoms with E-state index in [9.17, 15) is 18.0 Å². The maximum absolute atomic E-state index is 13.1. The maximum Gasteiger partial charge on any atom is 0.434 e. The van der Waals surface area contributed by atoms with Crippen LogP contribution in [0.15, 0.2) is 59.9 Å². The van der Waals surface area contributed by atoms with Gasteiger partial charge in [-0.15, -0.1) is 0 Å². The molecule has 4 aromatic heterocycles. The number of aryl methyl sites for hydroxylation is 1. The van der Waals surface area contributed by atoms with Crippen molar-refractivity contribution < 1.29 is 17.9 Å². The number of nitrogens with zero attached hydrogens (tertiary/aromatic N) is 8. The molecule has 1 aliphatic carbocycles. The molecule has 0 N–H and O–H groups in total. The van der Waals surface area contributed by atoms with E-state index in [2.05, 4.69) is 19.9 Å². The van der Waals surface area contributed by atoms with Gasteiger partial charge in [-0.25, -0.2) is 24.9 Å². The molecule has 0 saturated heterocycles. The molecule has 0 unspecified atom stereocenters. The highest BCUT2D eigenvalue weighted by Gasteiger charge is 2.34. The van der Waals surface area contributed by atoms with Gasteiger partial charge in [-0.2, -0.15) is 13.2 Å². The lowest BCUT2D eigenvalue weighted by molar-refractivity contribution is -0.140. The third-order valence-corrected chi connectivity index (χ3v) is 7.25. The van der Waals surface area contributed by atoms with Crippen molar-refractivity contribution in [3.63, 3.8) is 0 Å². The minimum absolute atomic E-state index is 0.189. The van der Waals surface area contributed by atoms with Crippen LogP contribution in [0.25, 0.3) is 33.8 Å². The molecular formula is C30H29F3N8O2. The SMILES string of the molecule is CN(C)CCOc1ncnc(C2CC2)c1-c1ncc2ccc(=O)n(Cc3ccc(-c4nc(C(F)(F)F)cn4C)cc3)c2n1. The van der Waals surface area contributed by atoms with Crippen molar-refractivity contribution in [2.24, 2.45) is 7.05 Å². The molecular weight excluding hydrogens is 561 g/mol. The lowest BCUT2D eigenvalue weighted by Crippen LogP contribution is -2.21. The zero-order chi connectivity index (χ0) is 30.3. The van der Waals surface area contributed by atoms with Gasteiger partial charge in [0.25, 0.3) is 5.56 Å². The monoisotopic (exact) mass is 590 g/mol. The van der Waals surface area contributed by atoms with Gasteiger partial charge in [0.2, 0.25) is 5.88 Å². The number of imidazole rings is 1. The van der Waals surface area contributed by atoms with E-state index < -0.39 is 11.9 Å². The van der Waals surface area contributed by atoms with Crippen molar-refractivity contribution in [1.82, 2.24) is 39.0 Å². The fraction of sp³-hybridized carbons (Fsp3) is 0.333. The molecule has 0 amide bonds. The molecule has 43 heavy (non-hydrogen) atoms. The number of alkyl halides is 3. The fourth-order valence-corrected chi connectivity index (χ4v) is 4.85. The van der Waals surface area contributed by atoms with E-state index in [0.717, 1.165) is 30.3 Å². The summed E-state index contributed by atoms with van der Waals surface area (Å²) in [6.45, 7) is 1.31. The minimum Gasteiger partial charge on any atom is -0.476 e. The molecule has 0 aliphatic heterocycles. The van der Waals surface area contributed by atoms with Crippen molar-refractivity contribution in [2.75, 3.05) is 27.2 Å². The summed E-state index contributed by atoms with van der Waals surface area (Å²) in [7, 11) is 5.44. The van der Waals surface area contributed by atoms with E-state index in [-0.39, 0.29) is 23.8 Å². The second-order valence-corrected chi connectivity index (χ2v) is 10.9. The highest BCUT2D eigenvalue weighted by Crippen LogP contribution is 2.45. The van der Waals surface area contributed by atoms with E-state index in [1.165, 1.54) is 24.0 Å². The van der Waals surface area contributed by atoms with Crippen LogP contribution >= 0.6 is 0 Å². The largest absolute Gasteiger partial charge is 0.476 e. The van der Waals surface area contributed by atoms with Crippen molar-refractivity contribution in [3.8, 4) is 28.7 Å². The summed E-state index contributed by atoms with van der Waals surface area (Å²) in [6.07, 6.45) is 1.61. The van der Waals surface area contributed by atoms with E-state index in [0.29, 0.717) is 47.0 Å². The standard InChI is InChI=1S/C30H29F3N8O2/c1-39(2)12-13-43-29-24(25(19-8-9-19)35-17-36-29)26-34-14-21-10-11-23(42)41(28(21)38-26)15-18-4-6-20(7-5-18)27-37-22(16-40(27)3)30(31,32)33/h4-7,10-11,14,16-17,19H,8-9,12-13,15H2,1-3H3. The van der Waals surface area contributed by atoms with Crippen LogP contribution in [0.3, 0.4) is 0 Å². The molecule has 1 saturated carbocycles. The molecule has 0 radical (unpaired) electrons. The zero-order valence-electron chi connectivity index (χ0n) is 23.8. The number of fused-ring (bicyclic) bond motifs is 1. The normalized spacial score (nSPS) is 13.7. The fourth-order valence-electron chi connectivity index (χ4n) is 4.85. The van der Waals surface area contributed by atoms with Crippen molar-refractivity contribution >= 4 is 11.0 Å². The van der Waals surface area contributed by atoms with Crippen LogP contribution in [0.1, 0.15) is 35.7 Å². The smallest absolute Gasteiger partial charge is 0.434 e. The number of pyridine rings is 1. The van der Waals surface area contributed by atoms with Gasteiger partial charge in [-0.05, 0) is 38.6 Å². The lowest BCUT2D eigenvalue weighted by Gasteiger charge is -2.15. The highest BCUT2D eigenvalue weighted by molar-refractivity contribution is 5.78. The van der Waals surface area contributed by atoms with Crippen molar-refractivity contribution in [1.29, 1.82) is 0 Å². The molecule has 4 heterocycles. The van der Waals surface area contributed by atoms with Gasteiger partial charge in [0, 0.05) is 48.9 Å². The maximum atomic E-state index is 13.1. The molecule has 6 rings (SSSR count). The molecule has 0 spiro atoms. The van der Waals surface area contributed by atoms with Crippen LogP contribution in [-0.4, -0.2) is 66.2 Å². The van der Waals surface area contributed by atoms with Crippen LogP contribution in [-0.2, 0) is 19.8 Å². The second kappa shape index (κ2) is 11.2. The number of ether oxygens (including phenoxy) is 1. The van der Waals surface area contributed by atoms with Gasteiger partial charge >= 0.3 is 6.18 Å². The van der Waals surface area contributed by atoms with Crippen LogP contribution in [0.5, 0.6) is 5.88 Å². The summed E-state index contributed by atoms with van der Waals surface area (Å²) in [6, 6.07) is 10.0. The molecule has 13 heteroatoms. The van der Waals surface area contributed by atoms with Gasteiger partial charge in [0.1, 0.15) is 30.0 Å². The minimum atomic E-state index is -4.53. The van der Waals surface area contributed by atoms with E-state index in [1.54, 1.807) is 41.1 Å². The quantitative estimate of drug-likeness (QED) is 0.247. The van der Waals surface area contributed by atoms with Crippen LogP contribution in [0.4, 0.5) is 13.2 Å². The Bertz CT molecular complexity index is 1840. The molecule has 0 bridgehead atoms. The Morgan fingerprint density at radius 2 is 1.79 bits per heavy atom. The summed E-state index contributed by atoms with van der Waals surface area (Å²) in [5.41, 5.74) is 1.98. The first-order chi connectivity index (χ1) is 20.6. The Morgan fingerprint density at radius 3 is 2.47 bits per heavy atom. The number of hydrogen-bond donors (Lipinski definition) is 0. The first kappa shape index (κ1) is 28.5. The van der Waals surface area contributed by atoms with Gasteiger partial charge in [-0.3, -0.25) is 9.36 Å². The number of rotatable bonds is 9. The Hall–Kier alpha value is -4.65. The van der Waals surface area contributed by atoms with Gasteiger partial charge in [-0.1, -0.05) is 24.3 Å². The van der Waals surface area contributed by atoms with Crippen LogP contribution in [0, 0.1) is 0 Å². The molecule has 5 aromatic rings. The number of benzene rings is 1. The second-order valence-electron chi connectivity index (χ2n) is 10.9. The summed E-state index contributed by atoms with van der Waals surface area (Å²) in [4.78, 5) is 37.3. The van der Waals surface area contributed by atoms with E-state index in [1.807, 2.05) is 19.0 Å². The molecule has 10 nitrogen and oxygen atoms in total. The number of likely N-dealkylation sites (N-methyl/N-ethyl adjacent to an activating group) is 1. The number of hydrogen-bond acceptors (Lipinski definition) is 8. The third kappa shape index (κ3) is 5.98. The molecule has 1 aliphatic rings. The Labute approximate surface area is 244 Å². The Balaban J connectivity index is 1.35. The van der Waals surface area contributed by atoms with Crippen LogP contribution in [0.2, 0.25) is 0 Å². The molecule has 222 valence electrons. The first-order valence-corrected chi connectivity index (χ1v) is 13.8. The highest BCUT2D eigenvalue weighted by atomic mass is 19.4. The summed E-state index contributed by atoms with van der Waals surface area (Å²) in [5, 5.41) is 0.674. The van der Waals surface area contributed by atoms with Gasteiger partial charge in [0.05, 0.1) is 12.2 Å². The van der Waals surface area contributed by atoms with Crippen molar-refractivity contribution in [3.05, 3.63) is 82.4 Å². The summed E-state index contributed by atoms with van der Waals surface area (Å²) < 4.78 is 48.4. The number of halogens is 3. The van der Waals surface area contributed by atoms with E-state index >= 15 is 0 Å². The van der Waals surface area contributed by atoms with Gasteiger partial charge < -0.3 is 14.2 Å². The van der Waals surface area contributed by atoms with Gasteiger partial charge in [0.15, 0.2) is 11.5 Å². The molecule has 1 fully saturated rings. The average molecular weight is 591 g/mol.